The molecular weight excluding hydrogens is 330 g/mol. The van der Waals surface area contributed by atoms with Crippen LogP contribution in [-0.2, 0) is 9.84 Å². The van der Waals surface area contributed by atoms with Crippen LogP contribution in [0.4, 0.5) is 0 Å². The second-order valence-electron chi connectivity index (χ2n) is 5.77. The number of sulfone groups is 1. The highest BCUT2D eigenvalue weighted by molar-refractivity contribution is 7.91. The summed E-state index contributed by atoms with van der Waals surface area (Å²) in [7, 11) is -3.23. The third-order valence-corrected chi connectivity index (χ3v) is 7.51. The van der Waals surface area contributed by atoms with Crippen LogP contribution in [-0.4, -0.2) is 38.1 Å². The predicted octanol–water partition coefficient (Wildman–Crippen LogP) is 3.06. The van der Waals surface area contributed by atoms with Crippen molar-refractivity contribution in [3.8, 4) is 0 Å². The molecule has 0 spiro atoms. The van der Waals surface area contributed by atoms with E-state index in [1.54, 1.807) is 11.0 Å². The molecule has 0 N–H and O–H groups in total. The molecule has 4 nitrogen and oxygen atoms in total. The van der Waals surface area contributed by atoms with Crippen LogP contribution < -0.4 is 0 Å². The van der Waals surface area contributed by atoms with E-state index < -0.39 is 15.1 Å². The molecule has 0 unspecified atom stereocenters. The fourth-order valence-electron chi connectivity index (χ4n) is 2.92. The first-order chi connectivity index (χ1) is 11.0. The van der Waals surface area contributed by atoms with Gasteiger partial charge in [-0.25, -0.2) is 8.42 Å². The number of amides is 1. The van der Waals surface area contributed by atoms with Gasteiger partial charge in [0, 0.05) is 23.5 Å². The van der Waals surface area contributed by atoms with Crippen LogP contribution >= 0.6 is 11.3 Å². The molecule has 1 aromatic carbocycles. The molecule has 1 aliphatic heterocycles. The zero-order chi connectivity index (χ0) is 16.4. The van der Waals surface area contributed by atoms with E-state index in [1.165, 1.54) is 11.3 Å². The Bertz CT molecular complexity index is 797. The third-order valence-electron chi connectivity index (χ3n) is 4.26. The molecule has 1 fully saturated rings. The maximum absolute atomic E-state index is 12.7. The molecule has 1 saturated heterocycles. The Labute approximate surface area is 140 Å². The smallest absolute Gasteiger partial charge is 0.254 e. The first kappa shape index (κ1) is 16.2. The van der Waals surface area contributed by atoms with Crippen LogP contribution in [0.25, 0.3) is 0 Å². The molecule has 6 heteroatoms. The lowest BCUT2D eigenvalue weighted by Crippen LogP contribution is -2.34. The van der Waals surface area contributed by atoms with Crippen molar-refractivity contribution in [3.63, 3.8) is 0 Å². The number of thiophene rings is 1. The highest BCUT2D eigenvalue weighted by Crippen LogP contribution is 2.32. The second kappa shape index (κ2) is 6.45. The van der Waals surface area contributed by atoms with Gasteiger partial charge in [0.05, 0.1) is 11.0 Å². The minimum atomic E-state index is -3.23. The second-order valence-corrected chi connectivity index (χ2v) is 9.05. The number of aryl methyl sites for hydroxylation is 1. The van der Waals surface area contributed by atoms with Crippen molar-refractivity contribution in [2.75, 3.05) is 18.8 Å². The van der Waals surface area contributed by atoms with Gasteiger partial charge < -0.3 is 4.90 Å². The topological polar surface area (TPSA) is 54.5 Å². The molecule has 122 valence electrons. The molecule has 1 aromatic heterocycles. The van der Waals surface area contributed by atoms with E-state index in [4.69, 9.17) is 0 Å². The fourth-order valence-corrected chi connectivity index (χ4v) is 5.93. The fraction of sp³-hybridized carbons (Fsp3) is 0.353. The zero-order valence-electron chi connectivity index (χ0n) is 12.9. The van der Waals surface area contributed by atoms with E-state index in [2.05, 4.69) is 0 Å². The number of hydrogen-bond donors (Lipinski definition) is 0. The Morgan fingerprint density at radius 1 is 1.17 bits per heavy atom. The summed E-state index contributed by atoms with van der Waals surface area (Å²) in [6, 6.07) is 11.2. The molecule has 1 amide bonds. The lowest BCUT2D eigenvalue weighted by Gasteiger charge is -2.21. The van der Waals surface area contributed by atoms with Crippen molar-refractivity contribution in [3.05, 3.63) is 57.8 Å². The quantitative estimate of drug-likeness (QED) is 0.837. The monoisotopic (exact) mass is 349 g/mol. The van der Waals surface area contributed by atoms with Crippen molar-refractivity contribution in [1.29, 1.82) is 0 Å². The Morgan fingerprint density at radius 2 is 1.96 bits per heavy atom. The molecule has 0 aliphatic carbocycles. The predicted molar refractivity (Wildman–Crippen MR) is 92.5 cm³/mol. The van der Waals surface area contributed by atoms with E-state index in [9.17, 15) is 13.2 Å². The van der Waals surface area contributed by atoms with Gasteiger partial charge in [-0.15, -0.1) is 11.3 Å². The number of rotatable bonds is 2. The normalized spacial score (nSPS) is 20.9. The van der Waals surface area contributed by atoms with Crippen molar-refractivity contribution < 1.29 is 13.2 Å². The van der Waals surface area contributed by atoms with Crippen molar-refractivity contribution >= 4 is 27.1 Å². The molecule has 0 bridgehead atoms. The molecular formula is C17H19NO3S2. The lowest BCUT2D eigenvalue weighted by molar-refractivity contribution is 0.0766. The number of hydrogen-bond acceptors (Lipinski definition) is 4. The molecule has 1 aliphatic rings. The highest BCUT2D eigenvalue weighted by atomic mass is 32.2. The SMILES string of the molecule is Cc1ccccc1C(=O)N1CC[C@H](c2cccs2)S(=O)(=O)CC1. The average Bonchev–Trinajstić information content (AvgIpc) is 2.99. The van der Waals surface area contributed by atoms with E-state index >= 15 is 0 Å². The Morgan fingerprint density at radius 3 is 2.65 bits per heavy atom. The number of nitrogens with zero attached hydrogens (tertiary/aromatic N) is 1. The summed E-state index contributed by atoms with van der Waals surface area (Å²) >= 11 is 1.47. The van der Waals surface area contributed by atoms with E-state index in [0.29, 0.717) is 18.5 Å². The number of carbonyl (C=O) groups excluding carboxylic acids is 1. The van der Waals surface area contributed by atoms with Gasteiger partial charge in [-0.3, -0.25) is 4.79 Å². The Hall–Kier alpha value is -1.66. The summed E-state index contributed by atoms with van der Waals surface area (Å²) in [6.45, 7) is 2.63. The molecule has 1 atom stereocenters. The van der Waals surface area contributed by atoms with Crippen LogP contribution in [0, 0.1) is 6.92 Å². The number of carbonyl (C=O) groups is 1. The van der Waals surface area contributed by atoms with Gasteiger partial charge in [0.15, 0.2) is 9.84 Å². The minimum Gasteiger partial charge on any atom is -0.338 e. The van der Waals surface area contributed by atoms with Gasteiger partial charge >= 0.3 is 0 Å². The maximum Gasteiger partial charge on any atom is 0.254 e. The first-order valence-electron chi connectivity index (χ1n) is 7.59. The van der Waals surface area contributed by atoms with Gasteiger partial charge in [-0.05, 0) is 36.4 Å². The van der Waals surface area contributed by atoms with Crippen LogP contribution in [0.15, 0.2) is 41.8 Å². The van der Waals surface area contributed by atoms with E-state index in [-0.39, 0.29) is 18.2 Å². The first-order valence-corrected chi connectivity index (χ1v) is 10.2. The summed E-state index contributed by atoms with van der Waals surface area (Å²) < 4.78 is 25.1. The maximum atomic E-state index is 12.7. The Balaban J connectivity index is 1.83. The van der Waals surface area contributed by atoms with Crippen molar-refractivity contribution in [2.45, 2.75) is 18.6 Å². The molecule has 3 rings (SSSR count). The van der Waals surface area contributed by atoms with Gasteiger partial charge in [-0.1, -0.05) is 24.3 Å². The van der Waals surface area contributed by atoms with Crippen LogP contribution in [0.3, 0.4) is 0 Å². The summed E-state index contributed by atoms with van der Waals surface area (Å²) in [5.74, 6) is -0.0576. The number of benzene rings is 1. The molecule has 0 saturated carbocycles. The van der Waals surface area contributed by atoms with Gasteiger partial charge in [0.25, 0.3) is 5.91 Å². The van der Waals surface area contributed by atoms with Crippen molar-refractivity contribution in [1.82, 2.24) is 4.90 Å². The summed E-state index contributed by atoms with van der Waals surface area (Å²) in [6.07, 6.45) is 0.459. The molecule has 0 radical (unpaired) electrons. The minimum absolute atomic E-state index is 0.0210. The molecule has 2 aromatic rings. The molecule has 23 heavy (non-hydrogen) atoms. The largest absolute Gasteiger partial charge is 0.338 e. The van der Waals surface area contributed by atoms with Crippen LogP contribution in [0.2, 0.25) is 0 Å². The van der Waals surface area contributed by atoms with Crippen molar-refractivity contribution in [2.24, 2.45) is 0 Å². The molecule has 2 heterocycles. The summed E-state index contributed by atoms with van der Waals surface area (Å²) in [5.41, 5.74) is 1.57. The zero-order valence-corrected chi connectivity index (χ0v) is 14.6. The highest BCUT2D eigenvalue weighted by Gasteiger charge is 2.33. The van der Waals surface area contributed by atoms with E-state index in [0.717, 1.165) is 10.4 Å². The Kier molecular flexibility index (Phi) is 4.55. The van der Waals surface area contributed by atoms with Gasteiger partial charge in [-0.2, -0.15) is 0 Å². The van der Waals surface area contributed by atoms with E-state index in [1.807, 2.05) is 42.6 Å². The standard InChI is InChI=1S/C17H19NO3S2/c1-13-5-2-3-6-14(13)17(19)18-9-8-16(15-7-4-11-22-15)23(20,21)12-10-18/h2-7,11,16H,8-10,12H2,1H3/t16-/m1/s1. The third kappa shape index (κ3) is 3.33. The van der Waals surface area contributed by atoms with Crippen LogP contribution in [0.5, 0.6) is 0 Å². The summed E-state index contributed by atoms with van der Waals surface area (Å²) in [5, 5.41) is 1.41. The van der Waals surface area contributed by atoms with Crippen LogP contribution in [0.1, 0.15) is 32.5 Å². The van der Waals surface area contributed by atoms with Gasteiger partial charge in [0.1, 0.15) is 0 Å². The summed E-state index contributed by atoms with van der Waals surface area (Å²) in [4.78, 5) is 15.3. The average molecular weight is 349 g/mol. The lowest BCUT2D eigenvalue weighted by atomic mass is 10.1. The van der Waals surface area contributed by atoms with Gasteiger partial charge in [0.2, 0.25) is 0 Å².